The van der Waals surface area contributed by atoms with E-state index in [9.17, 15) is 8.42 Å². The van der Waals surface area contributed by atoms with Gasteiger partial charge in [-0.05, 0) is 6.42 Å². The van der Waals surface area contributed by atoms with Crippen LogP contribution in [0.15, 0.2) is 0 Å². The Kier molecular flexibility index (Phi) is 9.25. The van der Waals surface area contributed by atoms with Gasteiger partial charge in [0.05, 0.1) is 18.4 Å². The first kappa shape index (κ1) is 15.4. The molecule has 0 radical (unpaired) electrons. The second-order valence-electron chi connectivity index (χ2n) is 3.92. The van der Waals surface area contributed by atoms with Gasteiger partial charge in [-0.3, -0.25) is 0 Å². The van der Waals surface area contributed by atoms with Crippen molar-refractivity contribution < 1.29 is 8.42 Å². The Morgan fingerprint density at radius 2 is 1.62 bits per heavy atom. The molecule has 5 heteroatoms. The van der Waals surface area contributed by atoms with Gasteiger partial charge in [0.15, 0.2) is 0 Å². The number of sulfonamides is 1. The zero-order valence-electron chi connectivity index (χ0n) is 10.0. The predicted molar refractivity (Wildman–Crippen MR) is 65.4 cm³/mol. The maximum Gasteiger partial charge on any atom is 0.212 e. The van der Waals surface area contributed by atoms with E-state index >= 15 is 0 Å². The first-order valence-corrected chi connectivity index (χ1v) is 7.62. The van der Waals surface area contributed by atoms with E-state index in [-0.39, 0.29) is 12.3 Å². The summed E-state index contributed by atoms with van der Waals surface area (Å²) in [5.41, 5.74) is 0. The Balaban J connectivity index is 3.41. The number of nitriles is 1. The van der Waals surface area contributed by atoms with Gasteiger partial charge in [0.25, 0.3) is 0 Å². The van der Waals surface area contributed by atoms with Crippen molar-refractivity contribution in [3.63, 3.8) is 0 Å². The Hall–Kier alpha value is -0.600. The third kappa shape index (κ3) is 9.94. The number of hydrogen-bond acceptors (Lipinski definition) is 3. The van der Waals surface area contributed by atoms with Crippen LogP contribution in [0.3, 0.4) is 0 Å². The molecule has 94 valence electrons. The predicted octanol–water partition coefficient (Wildman–Crippen LogP) is 2.18. The molecule has 0 amide bonds. The van der Waals surface area contributed by atoms with Crippen molar-refractivity contribution in [2.45, 2.75) is 51.9 Å². The van der Waals surface area contributed by atoms with E-state index < -0.39 is 10.0 Å². The molecule has 0 bridgehead atoms. The summed E-state index contributed by atoms with van der Waals surface area (Å²) in [5, 5.41) is 8.24. The summed E-state index contributed by atoms with van der Waals surface area (Å²) in [4.78, 5) is 0. The molecule has 0 atom stereocenters. The summed E-state index contributed by atoms with van der Waals surface area (Å²) in [6, 6.07) is 1.76. The monoisotopic (exact) mass is 246 g/mol. The van der Waals surface area contributed by atoms with E-state index in [2.05, 4.69) is 11.6 Å². The standard InChI is InChI=1S/C11H22N2O2S/c1-2-3-4-5-6-7-8-11-16(14,15)13-10-9-12/h13H,2-8,10-11H2,1H3. The molecular formula is C11H22N2O2S. The number of unbranched alkanes of at least 4 members (excludes halogenated alkanes) is 6. The molecule has 0 aliphatic carbocycles. The Morgan fingerprint density at radius 1 is 1.06 bits per heavy atom. The van der Waals surface area contributed by atoms with Gasteiger partial charge in [-0.2, -0.15) is 5.26 Å². The molecule has 0 saturated heterocycles. The highest BCUT2D eigenvalue weighted by Crippen LogP contribution is 2.07. The molecule has 1 N–H and O–H groups in total. The topological polar surface area (TPSA) is 70.0 Å². The quantitative estimate of drug-likeness (QED) is 0.474. The first-order chi connectivity index (χ1) is 7.62. The third-order valence-electron chi connectivity index (χ3n) is 2.39. The number of nitrogens with zero attached hydrogens (tertiary/aromatic N) is 1. The van der Waals surface area contributed by atoms with Crippen molar-refractivity contribution in [1.82, 2.24) is 4.72 Å². The fourth-order valence-corrected chi connectivity index (χ4v) is 2.48. The van der Waals surface area contributed by atoms with Gasteiger partial charge < -0.3 is 0 Å². The van der Waals surface area contributed by atoms with Crippen molar-refractivity contribution in [3.8, 4) is 6.07 Å². The van der Waals surface area contributed by atoms with Gasteiger partial charge in [-0.25, -0.2) is 13.1 Å². The van der Waals surface area contributed by atoms with Gasteiger partial charge in [0.2, 0.25) is 10.0 Å². The molecule has 0 saturated carbocycles. The number of nitrogens with one attached hydrogen (secondary N) is 1. The fraction of sp³-hybridized carbons (Fsp3) is 0.909. The molecule has 0 aromatic heterocycles. The van der Waals surface area contributed by atoms with E-state index in [1.54, 1.807) is 6.07 Å². The van der Waals surface area contributed by atoms with Crippen molar-refractivity contribution in [3.05, 3.63) is 0 Å². The van der Waals surface area contributed by atoms with E-state index in [0.29, 0.717) is 6.42 Å². The largest absolute Gasteiger partial charge is 0.212 e. The average Bonchev–Trinajstić information content (AvgIpc) is 2.25. The maximum atomic E-state index is 11.3. The highest BCUT2D eigenvalue weighted by atomic mass is 32.2. The molecular weight excluding hydrogens is 224 g/mol. The highest BCUT2D eigenvalue weighted by Gasteiger charge is 2.07. The fourth-order valence-electron chi connectivity index (χ4n) is 1.46. The maximum absolute atomic E-state index is 11.3. The lowest BCUT2D eigenvalue weighted by molar-refractivity contribution is 0.571. The average molecular weight is 246 g/mol. The lowest BCUT2D eigenvalue weighted by Gasteiger charge is -2.03. The van der Waals surface area contributed by atoms with Crippen LogP contribution in [0, 0.1) is 11.3 Å². The molecule has 0 unspecified atom stereocenters. The second-order valence-corrected chi connectivity index (χ2v) is 5.85. The van der Waals surface area contributed by atoms with Crippen LogP contribution >= 0.6 is 0 Å². The summed E-state index contributed by atoms with van der Waals surface area (Å²) in [7, 11) is -3.21. The summed E-state index contributed by atoms with van der Waals surface area (Å²) >= 11 is 0. The molecule has 0 aromatic carbocycles. The second kappa shape index (κ2) is 9.61. The normalized spacial score (nSPS) is 11.2. The SMILES string of the molecule is CCCCCCCCCS(=O)(=O)NCC#N. The van der Waals surface area contributed by atoms with Crippen LogP contribution in [-0.4, -0.2) is 20.7 Å². The summed E-state index contributed by atoms with van der Waals surface area (Å²) in [5.74, 6) is 0.141. The van der Waals surface area contributed by atoms with Gasteiger partial charge in [-0.1, -0.05) is 45.4 Å². The molecule has 0 rings (SSSR count). The van der Waals surface area contributed by atoms with Gasteiger partial charge in [-0.15, -0.1) is 0 Å². The molecule has 4 nitrogen and oxygen atoms in total. The summed E-state index contributed by atoms with van der Waals surface area (Å²) in [6.07, 6.45) is 7.68. The lowest BCUT2D eigenvalue weighted by Crippen LogP contribution is -2.26. The Labute approximate surface area is 99.1 Å². The minimum atomic E-state index is -3.21. The van der Waals surface area contributed by atoms with Crippen LogP contribution in [0.2, 0.25) is 0 Å². The van der Waals surface area contributed by atoms with E-state index in [1.165, 1.54) is 25.7 Å². The van der Waals surface area contributed by atoms with Crippen LogP contribution in [0.25, 0.3) is 0 Å². The molecule has 0 aliphatic rings. The first-order valence-electron chi connectivity index (χ1n) is 5.96. The minimum Gasteiger partial charge on any atom is -0.212 e. The van der Waals surface area contributed by atoms with Crippen molar-refractivity contribution in [2.75, 3.05) is 12.3 Å². The molecule has 0 fully saturated rings. The van der Waals surface area contributed by atoms with Crippen LogP contribution in [0.5, 0.6) is 0 Å². The van der Waals surface area contributed by atoms with Crippen molar-refractivity contribution in [2.24, 2.45) is 0 Å². The number of hydrogen-bond donors (Lipinski definition) is 1. The molecule has 0 aliphatic heterocycles. The molecule has 0 spiro atoms. The Morgan fingerprint density at radius 3 is 2.19 bits per heavy atom. The van der Waals surface area contributed by atoms with Gasteiger partial charge in [0.1, 0.15) is 0 Å². The van der Waals surface area contributed by atoms with Crippen LogP contribution in [0.1, 0.15) is 51.9 Å². The summed E-state index contributed by atoms with van der Waals surface area (Å²) < 4.78 is 24.8. The Bertz CT molecular complexity index is 294. The summed E-state index contributed by atoms with van der Waals surface area (Å²) in [6.45, 7) is 2.05. The van der Waals surface area contributed by atoms with Crippen molar-refractivity contribution >= 4 is 10.0 Å². The lowest BCUT2D eigenvalue weighted by atomic mass is 10.1. The smallest absolute Gasteiger partial charge is 0.212 e. The number of rotatable bonds is 10. The van der Waals surface area contributed by atoms with Gasteiger partial charge in [0, 0.05) is 0 Å². The van der Waals surface area contributed by atoms with Crippen molar-refractivity contribution in [1.29, 1.82) is 5.26 Å². The van der Waals surface area contributed by atoms with E-state index in [4.69, 9.17) is 5.26 Å². The van der Waals surface area contributed by atoms with Crippen LogP contribution in [-0.2, 0) is 10.0 Å². The molecule has 16 heavy (non-hydrogen) atoms. The van der Waals surface area contributed by atoms with E-state index in [1.807, 2.05) is 0 Å². The third-order valence-corrected chi connectivity index (χ3v) is 3.80. The minimum absolute atomic E-state index is 0.126. The van der Waals surface area contributed by atoms with Crippen LogP contribution < -0.4 is 4.72 Å². The van der Waals surface area contributed by atoms with E-state index in [0.717, 1.165) is 12.8 Å². The zero-order valence-corrected chi connectivity index (χ0v) is 10.9. The zero-order chi connectivity index (χ0) is 12.3. The molecule has 0 heterocycles. The highest BCUT2D eigenvalue weighted by molar-refractivity contribution is 7.89. The van der Waals surface area contributed by atoms with Crippen LogP contribution in [0.4, 0.5) is 0 Å². The molecule has 0 aromatic rings. The van der Waals surface area contributed by atoms with Gasteiger partial charge >= 0.3 is 0 Å².